The van der Waals surface area contributed by atoms with Gasteiger partial charge in [0.25, 0.3) is 5.56 Å². The average Bonchev–Trinajstić information content (AvgIpc) is 2.41. The van der Waals surface area contributed by atoms with E-state index < -0.39 is 0 Å². The number of rotatable bonds is 1. The molecule has 0 aliphatic heterocycles. The lowest BCUT2D eigenvalue weighted by atomic mass is 9.72. The lowest BCUT2D eigenvalue weighted by molar-refractivity contribution is 0.494. The minimum atomic E-state index is -0.178. The Morgan fingerprint density at radius 2 is 2.00 bits per heavy atom. The van der Waals surface area contributed by atoms with Crippen molar-refractivity contribution in [1.29, 1.82) is 0 Å². The van der Waals surface area contributed by atoms with Crippen LogP contribution in [0.2, 0.25) is 0 Å². The number of aromatic nitrogens is 2. The fourth-order valence-corrected chi connectivity index (χ4v) is 3.58. The molecule has 104 valence electrons. The lowest BCUT2D eigenvalue weighted by Crippen LogP contribution is -2.37. The summed E-state index contributed by atoms with van der Waals surface area (Å²) in [6.07, 6.45) is 2.83. The maximum atomic E-state index is 12.7. The Bertz CT molecular complexity index is 747. The van der Waals surface area contributed by atoms with Gasteiger partial charge in [0.05, 0.1) is 5.69 Å². The number of benzene rings is 1. The molecule has 1 aromatic carbocycles. The van der Waals surface area contributed by atoms with Gasteiger partial charge in [-0.25, -0.2) is 4.98 Å². The van der Waals surface area contributed by atoms with Crippen LogP contribution in [0, 0.1) is 0 Å². The Kier molecular flexibility index (Phi) is 3.01. The van der Waals surface area contributed by atoms with Crippen LogP contribution in [0.3, 0.4) is 0 Å². The lowest BCUT2D eigenvalue weighted by Gasteiger charge is -2.33. The molecular weight excluding hydrogens is 268 g/mol. The normalized spacial score (nSPS) is 15.6. The first kappa shape index (κ1) is 13.4. The molecule has 1 aliphatic carbocycles. The predicted molar refractivity (Wildman–Crippen MR) is 83.4 cm³/mol. The summed E-state index contributed by atoms with van der Waals surface area (Å²) in [4.78, 5) is 17.5. The van der Waals surface area contributed by atoms with Crippen LogP contribution in [0.5, 0.6) is 0 Å². The van der Waals surface area contributed by atoms with Gasteiger partial charge in [0.15, 0.2) is 5.16 Å². The van der Waals surface area contributed by atoms with Gasteiger partial charge in [-0.1, -0.05) is 49.9 Å². The van der Waals surface area contributed by atoms with Gasteiger partial charge >= 0.3 is 0 Å². The third kappa shape index (κ3) is 1.82. The summed E-state index contributed by atoms with van der Waals surface area (Å²) in [7, 11) is 1.80. The highest BCUT2D eigenvalue weighted by atomic mass is 32.2. The summed E-state index contributed by atoms with van der Waals surface area (Å²) in [6.45, 7) is 4.26. The van der Waals surface area contributed by atoms with Crippen LogP contribution >= 0.6 is 11.8 Å². The largest absolute Gasteiger partial charge is 0.290 e. The molecular formula is C16H18N2OS. The van der Waals surface area contributed by atoms with Crippen molar-refractivity contribution < 1.29 is 0 Å². The molecule has 0 spiro atoms. The zero-order valence-corrected chi connectivity index (χ0v) is 13.0. The molecule has 1 aromatic heterocycles. The SMILES string of the molecule is CSc1nc2c(c(=O)n1C)C(C)(C)Cc1ccccc1-2. The quantitative estimate of drug-likeness (QED) is 0.597. The second kappa shape index (κ2) is 4.48. The predicted octanol–water partition coefficient (Wildman–Crippen LogP) is 3.00. The Labute approximate surface area is 123 Å². The Hall–Kier alpha value is -1.55. The average molecular weight is 286 g/mol. The van der Waals surface area contributed by atoms with Crippen molar-refractivity contribution in [2.75, 3.05) is 6.26 Å². The van der Waals surface area contributed by atoms with E-state index in [1.807, 2.05) is 12.3 Å². The summed E-state index contributed by atoms with van der Waals surface area (Å²) >= 11 is 1.51. The van der Waals surface area contributed by atoms with E-state index in [-0.39, 0.29) is 11.0 Å². The molecule has 3 rings (SSSR count). The molecule has 3 nitrogen and oxygen atoms in total. The van der Waals surface area contributed by atoms with Crippen LogP contribution in [0.25, 0.3) is 11.3 Å². The van der Waals surface area contributed by atoms with Crippen LogP contribution in [0.15, 0.2) is 34.2 Å². The molecule has 0 fully saturated rings. The third-order valence-electron chi connectivity index (χ3n) is 4.01. The van der Waals surface area contributed by atoms with Gasteiger partial charge in [0.1, 0.15) is 0 Å². The van der Waals surface area contributed by atoms with Crippen molar-refractivity contribution in [3.63, 3.8) is 0 Å². The van der Waals surface area contributed by atoms with Crippen molar-refractivity contribution in [3.05, 3.63) is 45.7 Å². The summed E-state index contributed by atoms with van der Waals surface area (Å²) < 4.78 is 1.67. The zero-order chi connectivity index (χ0) is 14.5. The number of hydrogen-bond acceptors (Lipinski definition) is 3. The van der Waals surface area contributed by atoms with Gasteiger partial charge in [0.2, 0.25) is 0 Å². The molecule has 0 saturated heterocycles. The first-order valence-corrected chi connectivity index (χ1v) is 7.92. The molecule has 20 heavy (non-hydrogen) atoms. The van der Waals surface area contributed by atoms with Crippen molar-refractivity contribution in [1.82, 2.24) is 9.55 Å². The van der Waals surface area contributed by atoms with E-state index in [0.29, 0.717) is 0 Å². The molecule has 4 heteroatoms. The van der Waals surface area contributed by atoms with Gasteiger partial charge in [-0.3, -0.25) is 9.36 Å². The Morgan fingerprint density at radius 1 is 1.30 bits per heavy atom. The van der Waals surface area contributed by atoms with Crippen LogP contribution in [0.4, 0.5) is 0 Å². The number of hydrogen-bond donors (Lipinski definition) is 0. The minimum Gasteiger partial charge on any atom is -0.290 e. The topological polar surface area (TPSA) is 34.9 Å². The maximum Gasteiger partial charge on any atom is 0.258 e. The molecule has 1 aliphatic rings. The fraction of sp³-hybridized carbons (Fsp3) is 0.375. The van der Waals surface area contributed by atoms with Gasteiger partial charge < -0.3 is 0 Å². The second-order valence-electron chi connectivity index (χ2n) is 5.90. The summed E-state index contributed by atoms with van der Waals surface area (Å²) in [6, 6.07) is 8.27. The van der Waals surface area contributed by atoms with E-state index in [2.05, 4.69) is 32.0 Å². The molecule has 0 N–H and O–H groups in total. The molecule has 0 amide bonds. The highest BCUT2D eigenvalue weighted by molar-refractivity contribution is 7.98. The zero-order valence-electron chi connectivity index (χ0n) is 12.2. The number of fused-ring (bicyclic) bond motifs is 3. The summed E-state index contributed by atoms with van der Waals surface area (Å²) in [5, 5.41) is 0.765. The van der Waals surface area contributed by atoms with E-state index in [4.69, 9.17) is 4.98 Å². The molecule has 1 heterocycles. The van der Waals surface area contributed by atoms with Crippen LogP contribution in [0.1, 0.15) is 25.0 Å². The number of nitrogens with zero attached hydrogens (tertiary/aromatic N) is 2. The van der Waals surface area contributed by atoms with E-state index in [1.165, 1.54) is 17.3 Å². The molecule has 0 saturated carbocycles. The van der Waals surface area contributed by atoms with Crippen molar-refractivity contribution in [2.45, 2.75) is 30.8 Å². The Morgan fingerprint density at radius 3 is 2.70 bits per heavy atom. The summed E-state index contributed by atoms with van der Waals surface area (Å²) in [5.41, 5.74) is 4.00. The highest BCUT2D eigenvalue weighted by Gasteiger charge is 2.35. The first-order chi connectivity index (χ1) is 9.45. The van der Waals surface area contributed by atoms with Gasteiger partial charge in [-0.2, -0.15) is 0 Å². The Balaban J connectivity index is 2.43. The molecule has 2 aromatic rings. The van der Waals surface area contributed by atoms with Crippen LogP contribution in [-0.4, -0.2) is 15.8 Å². The minimum absolute atomic E-state index is 0.0823. The van der Waals surface area contributed by atoms with Crippen molar-refractivity contribution in [3.8, 4) is 11.3 Å². The number of thioether (sulfide) groups is 1. The van der Waals surface area contributed by atoms with E-state index >= 15 is 0 Å². The molecule has 0 bridgehead atoms. The third-order valence-corrected chi connectivity index (χ3v) is 4.74. The van der Waals surface area contributed by atoms with Gasteiger partial charge in [-0.05, 0) is 18.2 Å². The van der Waals surface area contributed by atoms with Gasteiger partial charge in [0, 0.05) is 23.6 Å². The van der Waals surface area contributed by atoms with E-state index in [0.717, 1.165) is 28.4 Å². The maximum absolute atomic E-state index is 12.7. The molecule has 0 unspecified atom stereocenters. The van der Waals surface area contributed by atoms with Gasteiger partial charge in [-0.15, -0.1) is 0 Å². The molecule has 0 radical (unpaired) electrons. The van der Waals surface area contributed by atoms with Crippen molar-refractivity contribution in [2.24, 2.45) is 7.05 Å². The standard InChI is InChI=1S/C16H18N2OS/c1-16(2)9-10-7-5-6-8-11(10)13-12(16)14(19)18(3)15(17-13)20-4/h5-8H,9H2,1-4H3. The van der Waals surface area contributed by atoms with Crippen LogP contribution in [-0.2, 0) is 18.9 Å². The van der Waals surface area contributed by atoms with E-state index in [9.17, 15) is 4.79 Å². The monoisotopic (exact) mass is 286 g/mol. The highest BCUT2D eigenvalue weighted by Crippen LogP contribution is 2.40. The van der Waals surface area contributed by atoms with E-state index in [1.54, 1.807) is 11.6 Å². The molecule has 0 atom stereocenters. The van der Waals surface area contributed by atoms with Crippen molar-refractivity contribution >= 4 is 11.8 Å². The first-order valence-electron chi connectivity index (χ1n) is 6.69. The summed E-state index contributed by atoms with van der Waals surface area (Å²) in [5.74, 6) is 0. The second-order valence-corrected chi connectivity index (χ2v) is 6.68. The fourth-order valence-electron chi connectivity index (χ4n) is 3.04. The smallest absolute Gasteiger partial charge is 0.258 e. The van der Waals surface area contributed by atoms with Crippen LogP contribution < -0.4 is 5.56 Å².